The SMILES string of the molecule is COc1ccc(-c2noc([C@H]3CCCO3)n2)cc1. The summed E-state index contributed by atoms with van der Waals surface area (Å²) in [5.41, 5.74) is 0.906. The quantitative estimate of drug-likeness (QED) is 0.833. The van der Waals surface area contributed by atoms with Crippen molar-refractivity contribution in [2.75, 3.05) is 13.7 Å². The first kappa shape index (κ1) is 11.2. The van der Waals surface area contributed by atoms with E-state index >= 15 is 0 Å². The molecule has 0 spiro atoms. The zero-order valence-electron chi connectivity index (χ0n) is 10.1. The first-order chi connectivity index (χ1) is 8.86. The molecule has 18 heavy (non-hydrogen) atoms. The van der Waals surface area contributed by atoms with Gasteiger partial charge in [-0.3, -0.25) is 0 Å². The monoisotopic (exact) mass is 246 g/mol. The van der Waals surface area contributed by atoms with E-state index in [1.807, 2.05) is 24.3 Å². The fourth-order valence-electron chi connectivity index (χ4n) is 2.00. The van der Waals surface area contributed by atoms with E-state index in [9.17, 15) is 0 Å². The highest BCUT2D eigenvalue weighted by Gasteiger charge is 2.24. The number of hydrogen-bond acceptors (Lipinski definition) is 5. The predicted molar refractivity (Wildman–Crippen MR) is 64.2 cm³/mol. The van der Waals surface area contributed by atoms with Crippen molar-refractivity contribution >= 4 is 0 Å². The molecule has 0 saturated carbocycles. The van der Waals surface area contributed by atoms with Gasteiger partial charge in [0.25, 0.3) is 5.89 Å². The number of ether oxygens (including phenoxy) is 2. The van der Waals surface area contributed by atoms with Crippen molar-refractivity contribution in [2.45, 2.75) is 18.9 Å². The van der Waals surface area contributed by atoms with Gasteiger partial charge in [-0.05, 0) is 37.1 Å². The van der Waals surface area contributed by atoms with Crippen LogP contribution < -0.4 is 4.74 Å². The van der Waals surface area contributed by atoms with Gasteiger partial charge < -0.3 is 14.0 Å². The molecular formula is C13H14N2O3. The fraction of sp³-hybridized carbons (Fsp3) is 0.385. The number of nitrogens with zero attached hydrogens (tertiary/aromatic N) is 2. The van der Waals surface area contributed by atoms with Crippen molar-refractivity contribution in [3.05, 3.63) is 30.2 Å². The third kappa shape index (κ3) is 2.09. The molecule has 1 aromatic carbocycles. The van der Waals surface area contributed by atoms with Crippen molar-refractivity contribution in [1.29, 1.82) is 0 Å². The van der Waals surface area contributed by atoms with Gasteiger partial charge >= 0.3 is 0 Å². The summed E-state index contributed by atoms with van der Waals surface area (Å²) in [7, 11) is 1.64. The Kier molecular flexibility index (Phi) is 2.98. The van der Waals surface area contributed by atoms with Crippen LogP contribution in [0.2, 0.25) is 0 Å². The summed E-state index contributed by atoms with van der Waals surface area (Å²) in [5, 5.41) is 3.98. The Morgan fingerprint density at radius 3 is 2.78 bits per heavy atom. The second kappa shape index (κ2) is 4.78. The van der Waals surface area contributed by atoms with Crippen LogP contribution in [0.1, 0.15) is 24.8 Å². The molecule has 0 unspecified atom stereocenters. The lowest BCUT2D eigenvalue weighted by molar-refractivity contribution is 0.0835. The molecule has 1 aromatic heterocycles. The van der Waals surface area contributed by atoms with Crippen LogP contribution in [0.15, 0.2) is 28.8 Å². The van der Waals surface area contributed by atoms with Gasteiger partial charge in [0, 0.05) is 12.2 Å². The summed E-state index contributed by atoms with van der Waals surface area (Å²) in [6.45, 7) is 0.769. The van der Waals surface area contributed by atoms with Gasteiger partial charge in [0.2, 0.25) is 5.82 Å². The third-order valence-corrected chi connectivity index (χ3v) is 3.00. The topological polar surface area (TPSA) is 57.4 Å². The van der Waals surface area contributed by atoms with Gasteiger partial charge in [0.1, 0.15) is 11.9 Å². The van der Waals surface area contributed by atoms with Gasteiger partial charge in [0.05, 0.1) is 7.11 Å². The summed E-state index contributed by atoms with van der Waals surface area (Å²) >= 11 is 0. The van der Waals surface area contributed by atoms with Crippen LogP contribution in [-0.4, -0.2) is 23.9 Å². The lowest BCUT2D eigenvalue weighted by atomic mass is 10.2. The van der Waals surface area contributed by atoms with Crippen molar-refractivity contribution in [3.63, 3.8) is 0 Å². The zero-order chi connectivity index (χ0) is 12.4. The van der Waals surface area contributed by atoms with Gasteiger partial charge in [-0.25, -0.2) is 0 Å². The van der Waals surface area contributed by atoms with Gasteiger partial charge in [-0.1, -0.05) is 5.16 Å². The van der Waals surface area contributed by atoms with E-state index in [4.69, 9.17) is 14.0 Å². The molecular weight excluding hydrogens is 232 g/mol. The minimum atomic E-state index is -0.0375. The molecule has 1 fully saturated rings. The van der Waals surface area contributed by atoms with Gasteiger partial charge in [-0.15, -0.1) is 0 Å². The second-order valence-electron chi connectivity index (χ2n) is 4.19. The summed E-state index contributed by atoms with van der Waals surface area (Å²) in [6, 6.07) is 7.56. The van der Waals surface area contributed by atoms with Crippen LogP contribution >= 0.6 is 0 Å². The van der Waals surface area contributed by atoms with E-state index in [1.54, 1.807) is 7.11 Å². The Morgan fingerprint density at radius 2 is 2.11 bits per heavy atom. The Hall–Kier alpha value is -1.88. The minimum absolute atomic E-state index is 0.0375. The Balaban J connectivity index is 1.82. The van der Waals surface area contributed by atoms with Gasteiger partial charge in [-0.2, -0.15) is 4.98 Å². The van der Waals surface area contributed by atoms with Crippen LogP contribution in [0.3, 0.4) is 0 Å². The van der Waals surface area contributed by atoms with E-state index in [2.05, 4.69) is 10.1 Å². The summed E-state index contributed by atoms with van der Waals surface area (Å²) in [6.07, 6.45) is 1.96. The first-order valence-electron chi connectivity index (χ1n) is 5.96. The Bertz CT molecular complexity index is 515. The van der Waals surface area contributed by atoms with Crippen molar-refractivity contribution < 1.29 is 14.0 Å². The number of methoxy groups -OCH3 is 1. The summed E-state index contributed by atoms with van der Waals surface area (Å²) < 4.78 is 15.9. The molecule has 5 heteroatoms. The molecule has 0 aliphatic carbocycles. The Labute approximate surface area is 105 Å². The van der Waals surface area contributed by atoms with E-state index in [0.29, 0.717) is 11.7 Å². The first-order valence-corrected chi connectivity index (χ1v) is 5.96. The second-order valence-corrected chi connectivity index (χ2v) is 4.19. The van der Waals surface area contributed by atoms with E-state index in [1.165, 1.54) is 0 Å². The summed E-state index contributed by atoms with van der Waals surface area (Å²) in [4.78, 5) is 4.37. The maximum absolute atomic E-state index is 5.51. The normalized spacial score (nSPS) is 19.1. The highest BCUT2D eigenvalue weighted by Crippen LogP contribution is 2.29. The fourth-order valence-corrected chi connectivity index (χ4v) is 2.00. The Morgan fingerprint density at radius 1 is 1.28 bits per heavy atom. The molecule has 3 rings (SSSR count). The number of hydrogen-bond donors (Lipinski definition) is 0. The molecule has 1 atom stereocenters. The predicted octanol–water partition coefficient (Wildman–Crippen LogP) is 2.60. The van der Waals surface area contributed by atoms with E-state index in [0.717, 1.165) is 30.8 Å². The third-order valence-electron chi connectivity index (χ3n) is 3.00. The lowest BCUT2D eigenvalue weighted by Crippen LogP contribution is -1.95. The summed E-state index contributed by atoms with van der Waals surface area (Å²) in [5.74, 6) is 1.96. The smallest absolute Gasteiger partial charge is 0.256 e. The largest absolute Gasteiger partial charge is 0.497 e. The van der Waals surface area contributed by atoms with Crippen molar-refractivity contribution in [3.8, 4) is 17.1 Å². The van der Waals surface area contributed by atoms with Gasteiger partial charge in [0.15, 0.2) is 0 Å². The van der Waals surface area contributed by atoms with Crippen LogP contribution in [0, 0.1) is 0 Å². The molecule has 1 saturated heterocycles. The average Bonchev–Trinajstić information content (AvgIpc) is 3.09. The number of aromatic nitrogens is 2. The number of rotatable bonds is 3. The maximum Gasteiger partial charge on any atom is 0.256 e. The lowest BCUT2D eigenvalue weighted by Gasteiger charge is -2.01. The van der Waals surface area contributed by atoms with Crippen LogP contribution in [0.4, 0.5) is 0 Å². The standard InChI is InChI=1S/C13H14N2O3/c1-16-10-6-4-9(5-7-10)12-14-13(18-15-12)11-3-2-8-17-11/h4-7,11H,2-3,8H2,1H3/t11-/m1/s1. The molecule has 0 bridgehead atoms. The molecule has 1 aliphatic heterocycles. The molecule has 0 N–H and O–H groups in total. The molecule has 2 heterocycles. The molecule has 0 radical (unpaired) electrons. The molecule has 1 aliphatic rings. The average molecular weight is 246 g/mol. The minimum Gasteiger partial charge on any atom is -0.497 e. The van der Waals surface area contributed by atoms with Crippen LogP contribution in [-0.2, 0) is 4.74 Å². The number of benzene rings is 1. The molecule has 5 nitrogen and oxygen atoms in total. The highest BCUT2D eigenvalue weighted by atomic mass is 16.5. The van der Waals surface area contributed by atoms with E-state index in [-0.39, 0.29) is 6.10 Å². The highest BCUT2D eigenvalue weighted by molar-refractivity contribution is 5.55. The molecule has 94 valence electrons. The van der Waals surface area contributed by atoms with Crippen LogP contribution in [0.5, 0.6) is 5.75 Å². The van der Waals surface area contributed by atoms with Crippen LogP contribution in [0.25, 0.3) is 11.4 Å². The zero-order valence-corrected chi connectivity index (χ0v) is 10.1. The van der Waals surface area contributed by atoms with E-state index < -0.39 is 0 Å². The molecule has 0 amide bonds. The maximum atomic E-state index is 5.51. The van der Waals surface area contributed by atoms with Crippen molar-refractivity contribution in [1.82, 2.24) is 10.1 Å². The molecule has 2 aromatic rings. The van der Waals surface area contributed by atoms with Crippen molar-refractivity contribution in [2.24, 2.45) is 0 Å².